The van der Waals surface area contributed by atoms with E-state index < -0.39 is 0 Å². The number of fused-ring (bicyclic) bond motifs is 1. The summed E-state index contributed by atoms with van der Waals surface area (Å²) >= 11 is 3.37. The molecule has 1 aromatic rings. The summed E-state index contributed by atoms with van der Waals surface area (Å²) in [6.45, 7) is 1.72. The quantitative estimate of drug-likeness (QED) is 0.869. The molecule has 0 saturated carbocycles. The number of carbonyl (C=O) groups is 2. The van der Waals surface area contributed by atoms with E-state index in [0.717, 1.165) is 29.5 Å². The fourth-order valence-corrected chi connectivity index (χ4v) is 3.48. The number of benzene rings is 1. The van der Waals surface area contributed by atoms with E-state index in [0.29, 0.717) is 6.54 Å². The van der Waals surface area contributed by atoms with Crippen molar-refractivity contribution in [2.24, 2.45) is 5.92 Å². The van der Waals surface area contributed by atoms with Crippen LogP contribution in [0.1, 0.15) is 12.8 Å². The van der Waals surface area contributed by atoms with Gasteiger partial charge in [0.15, 0.2) is 0 Å². The highest BCUT2D eigenvalue weighted by atomic mass is 79.9. The number of amides is 2. The van der Waals surface area contributed by atoms with E-state index in [1.165, 1.54) is 0 Å². The Labute approximate surface area is 132 Å². The molecule has 0 aliphatic carbocycles. The lowest BCUT2D eigenvalue weighted by Gasteiger charge is -2.23. The molecule has 5 nitrogen and oxygen atoms in total. The van der Waals surface area contributed by atoms with Crippen molar-refractivity contribution in [2.75, 3.05) is 25.0 Å². The molecule has 2 unspecified atom stereocenters. The lowest BCUT2D eigenvalue weighted by atomic mass is 9.94. The zero-order chi connectivity index (χ0) is 14.8. The molecular weight excluding hydrogens is 334 g/mol. The number of rotatable bonds is 3. The molecule has 21 heavy (non-hydrogen) atoms. The van der Waals surface area contributed by atoms with Crippen LogP contribution in [0.5, 0.6) is 0 Å². The van der Waals surface area contributed by atoms with Crippen molar-refractivity contribution in [1.29, 1.82) is 0 Å². The van der Waals surface area contributed by atoms with Crippen molar-refractivity contribution in [2.45, 2.75) is 18.9 Å². The maximum atomic E-state index is 12.3. The molecule has 2 heterocycles. The molecule has 2 fully saturated rings. The number of nitrogens with one attached hydrogen (secondary N) is 2. The molecule has 2 atom stereocenters. The van der Waals surface area contributed by atoms with Crippen molar-refractivity contribution in [3.05, 3.63) is 28.7 Å². The summed E-state index contributed by atoms with van der Waals surface area (Å²) in [5, 5.41) is 6.20. The Morgan fingerprint density at radius 3 is 3.10 bits per heavy atom. The van der Waals surface area contributed by atoms with Gasteiger partial charge in [0.2, 0.25) is 11.8 Å². The maximum Gasteiger partial charge on any atom is 0.243 e. The number of carbonyl (C=O) groups excluding carboxylic acids is 2. The second-order valence-corrected chi connectivity index (χ2v) is 6.50. The first-order valence-electron chi connectivity index (χ1n) is 7.21. The third-order valence-corrected chi connectivity index (χ3v) is 4.57. The number of hydrogen-bond donors (Lipinski definition) is 2. The molecule has 1 aromatic carbocycles. The van der Waals surface area contributed by atoms with Gasteiger partial charge in [0.25, 0.3) is 0 Å². The van der Waals surface area contributed by atoms with Crippen LogP contribution in [0.25, 0.3) is 0 Å². The van der Waals surface area contributed by atoms with E-state index in [9.17, 15) is 9.59 Å². The molecule has 0 spiro atoms. The summed E-state index contributed by atoms with van der Waals surface area (Å²) in [5.74, 6) is 0.00843. The summed E-state index contributed by atoms with van der Waals surface area (Å²) < 4.78 is 0.910. The van der Waals surface area contributed by atoms with Crippen molar-refractivity contribution in [1.82, 2.24) is 10.2 Å². The van der Waals surface area contributed by atoms with E-state index in [4.69, 9.17) is 0 Å². The molecule has 2 N–H and O–H groups in total. The number of piperidine rings is 1. The van der Waals surface area contributed by atoms with E-state index >= 15 is 0 Å². The third kappa shape index (κ3) is 3.27. The van der Waals surface area contributed by atoms with Crippen molar-refractivity contribution < 1.29 is 9.59 Å². The Bertz CT molecular complexity index is 564. The van der Waals surface area contributed by atoms with Crippen LogP contribution in [-0.4, -0.2) is 42.4 Å². The Kier molecular flexibility index (Phi) is 4.26. The summed E-state index contributed by atoms with van der Waals surface area (Å²) in [6, 6.07) is 7.64. The predicted octanol–water partition coefficient (Wildman–Crippen LogP) is 1.60. The van der Waals surface area contributed by atoms with Crippen LogP contribution in [0.15, 0.2) is 28.7 Å². The van der Waals surface area contributed by atoms with Gasteiger partial charge >= 0.3 is 0 Å². The van der Waals surface area contributed by atoms with Gasteiger partial charge < -0.3 is 15.5 Å². The minimum atomic E-state index is -0.153. The van der Waals surface area contributed by atoms with Crippen LogP contribution in [0, 0.1) is 5.92 Å². The predicted molar refractivity (Wildman–Crippen MR) is 83.9 cm³/mol. The summed E-state index contributed by atoms with van der Waals surface area (Å²) in [4.78, 5) is 26.0. The van der Waals surface area contributed by atoms with Crippen molar-refractivity contribution in [3.63, 3.8) is 0 Å². The van der Waals surface area contributed by atoms with E-state index in [1.54, 1.807) is 4.90 Å². The van der Waals surface area contributed by atoms with Gasteiger partial charge in [-0.1, -0.05) is 22.0 Å². The van der Waals surface area contributed by atoms with Crippen LogP contribution in [0.3, 0.4) is 0 Å². The molecule has 0 aromatic heterocycles. The van der Waals surface area contributed by atoms with Gasteiger partial charge in [-0.3, -0.25) is 9.59 Å². The number of nitrogens with zero attached hydrogens (tertiary/aromatic N) is 1. The number of likely N-dealkylation sites (tertiary alicyclic amines) is 1. The highest BCUT2D eigenvalue weighted by Gasteiger charge is 2.41. The van der Waals surface area contributed by atoms with E-state index in [-0.39, 0.29) is 30.3 Å². The normalized spacial score (nSPS) is 24.8. The molecule has 0 bridgehead atoms. The molecule has 0 radical (unpaired) electrons. The molecule has 2 aliphatic heterocycles. The summed E-state index contributed by atoms with van der Waals surface area (Å²) in [5.41, 5.74) is 0.733. The Hall–Kier alpha value is -1.40. The maximum absolute atomic E-state index is 12.3. The zero-order valence-electron chi connectivity index (χ0n) is 11.6. The van der Waals surface area contributed by atoms with Crippen molar-refractivity contribution in [3.8, 4) is 0 Å². The molecule has 2 amide bonds. The fraction of sp³-hybridized carbons (Fsp3) is 0.467. The van der Waals surface area contributed by atoms with Gasteiger partial charge in [-0.05, 0) is 37.6 Å². The Balaban J connectivity index is 1.59. The smallest absolute Gasteiger partial charge is 0.243 e. The summed E-state index contributed by atoms with van der Waals surface area (Å²) in [7, 11) is 0. The zero-order valence-corrected chi connectivity index (χ0v) is 13.2. The highest BCUT2D eigenvalue weighted by molar-refractivity contribution is 9.10. The van der Waals surface area contributed by atoms with Crippen molar-refractivity contribution >= 4 is 33.4 Å². The lowest BCUT2D eigenvalue weighted by Crippen LogP contribution is -2.41. The molecular formula is C15H18BrN3O2. The SMILES string of the molecule is O=C(CN1CC2NCCCC2C1=O)Nc1cccc(Br)c1. The van der Waals surface area contributed by atoms with Crippen LogP contribution in [0.4, 0.5) is 5.69 Å². The van der Waals surface area contributed by atoms with Gasteiger partial charge in [0.05, 0.1) is 12.5 Å². The van der Waals surface area contributed by atoms with Crippen LogP contribution < -0.4 is 10.6 Å². The van der Waals surface area contributed by atoms with Gasteiger partial charge in [0, 0.05) is 22.7 Å². The number of hydrogen-bond acceptors (Lipinski definition) is 3. The van der Waals surface area contributed by atoms with Gasteiger partial charge in [0.1, 0.15) is 0 Å². The first kappa shape index (κ1) is 14.5. The first-order chi connectivity index (χ1) is 10.1. The number of anilines is 1. The molecule has 2 saturated heterocycles. The molecule has 112 valence electrons. The Morgan fingerprint density at radius 2 is 2.33 bits per heavy atom. The van der Waals surface area contributed by atoms with Gasteiger partial charge in [-0.25, -0.2) is 0 Å². The van der Waals surface area contributed by atoms with Crippen LogP contribution >= 0.6 is 15.9 Å². The van der Waals surface area contributed by atoms with Gasteiger partial charge in [-0.15, -0.1) is 0 Å². The van der Waals surface area contributed by atoms with E-state index in [1.807, 2.05) is 24.3 Å². The molecule has 3 rings (SSSR count). The second-order valence-electron chi connectivity index (χ2n) is 5.59. The fourth-order valence-electron chi connectivity index (χ4n) is 3.08. The minimum absolute atomic E-state index is 0.0532. The highest BCUT2D eigenvalue weighted by Crippen LogP contribution is 2.26. The second kappa shape index (κ2) is 6.15. The largest absolute Gasteiger partial charge is 0.331 e. The standard InChI is InChI=1S/C15H18BrN3O2/c16-10-3-1-4-11(7-10)18-14(20)9-19-8-13-12(15(19)21)5-2-6-17-13/h1,3-4,7,12-13,17H,2,5-6,8-9H2,(H,18,20). The topological polar surface area (TPSA) is 61.4 Å². The van der Waals surface area contributed by atoms with Crippen LogP contribution in [0.2, 0.25) is 0 Å². The minimum Gasteiger partial charge on any atom is -0.331 e. The number of halogens is 1. The van der Waals surface area contributed by atoms with Gasteiger partial charge in [-0.2, -0.15) is 0 Å². The first-order valence-corrected chi connectivity index (χ1v) is 8.00. The average Bonchev–Trinajstić information content (AvgIpc) is 2.76. The monoisotopic (exact) mass is 351 g/mol. The molecule has 6 heteroatoms. The van der Waals surface area contributed by atoms with Crippen LogP contribution in [-0.2, 0) is 9.59 Å². The average molecular weight is 352 g/mol. The lowest BCUT2D eigenvalue weighted by molar-refractivity contribution is -0.134. The Morgan fingerprint density at radius 1 is 1.48 bits per heavy atom. The van der Waals surface area contributed by atoms with E-state index in [2.05, 4.69) is 26.6 Å². The molecule has 2 aliphatic rings. The third-order valence-electron chi connectivity index (χ3n) is 4.07. The summed E-state index contributed by atoms with van der Waals surface area (Å²) in [6.07, 6.45) is 1.96.